The lowest BCUT2D eigenvalue weighted by atomic mass is 10.2. The van der Waals surface area contributed by atoms with Crippen molar-refractivity contribution in [2.24, 2.45) is 0 Å². The highest BCUT2D eigenvalue weighted by molar-refractivity contribution is 7.97. The number of hydrogen-bond donors (Lipinski definition) is 2. The predicted molar refractivity (Wildman–Crippen MR) is 76.9 cm³/mol. The Hall–Kier alpha value is -1.79. The molecule has 0 atom stereocenters. The fourth-order valence-corrected chi connectivity index (χ4v) is 2.33. The molecule has 2 N–H and O–H groups in total. The highest BCUT2D eigenvalue weighted by Gasteiger charge is 2.08. The summed E-state index contributed by atoms with van der Waals surface area (Å²) in [5.41, 5.74) is 1.77. The maximum atomic E-state index is 11.6. The van der Waals surface area contributed by atoms with Crippen LogP contribution in [0.1, 0.15) is 17.0 Å². The van der Waals surface area contributed by atoms with Crippen LogP contribution in [-0.4, -0.2) is 21.9 Å². The van der Waals surface area contributed by atoms with Crippen LogP contribution in [0.5, 0.6) is 0 Å². The molecule has 5 nitrogen and oxygen atoms in total. The Labute approximate surface area is 121 Å². The van der Waals surface area contributed by atoms with Crippen LogP contribution >= 0.6 is 11.9 Å². The summed E-state index contributed by atoms with van der Waals surface area (Å²) in [6, 6.07) is 11.7. The van der Waals surface area contributed by atoms with Crippen LogP contribution in [0.2, 0.25) is 0 Å². The lowest BCUT2D eigenvalue weighted by Gasteiger charge is -2.03. The van der Waals surface area contributed by atoms with Crippen molar-refractivity contribution in [2.45, 2.75) is 19.4 Å². The van der Waals surface area contributed by atoms with Crippen molar-refractivity contribution in [1.82, 2.24) is 9.88 Å². The molecule has 106 valence electrons. The molecular formula is C14H16N2O3S. The molecule has 6 heteroatoms. The van der Waals surface area contributed by atoms with Gasteiger partial charge in [-0.2, -0.15) is 0 Å². The molecule has 0 spiro atoms. The van der Waals surface area contributed by atoms with E-state index >= 15 is 0 Å². The number of carbonyl (C=O) groups is 1. The van der Waals surface area contributed by atoms with Gasteiger partial charge in [-0.15, -0.1) is 0 Å². The summed E-state index contributed by atoms with van der Waals surface area (Å²) in [5.74, 6) is 1.06. The summed E-state index contributed by atoms with van der Waals surface area (Å²) in [6.45, 7) is -0.208. The quantitative estimate of drug-likeness (QED) is 0.600. The molecule has 0 unspecified atom stereocenters. The zero-order valence-corrected chi connectivity index (χ0v) is 11.7. The van der Waals surface area contributed by atoms with Crippen LogP contribution in [-0.2, 0) is 24.2 Å². The number of hydrogen-bond acceptors (Lipinski definition) is 5. The molecule has 0 aliphatic carbocycles. The van der Waals surface area contributed by atoms with Gasteiger partial charge in [0, 0.05) is 11.8 Å². The summed E-state index contributed by atoms with van der Waals surface area (Å²) in [5, 5.41) is 12.5. The monoisotopic (exact) mass is 292 g/mol. The Bertz CT molecular complexity index is 542. The number of nitrogens with zero attached hydrogens (tertiary/aromatic N) is 1. The van der Waals surface area contributed by atoms with Gasteiger partial charge in [0.1, 0.15) is 6.61 Å². The van der Waals surface area contributed by atoms with E-state index in [9.17, 15) is 4.79 Å². The highest BCUT2D eigenvalue weighted by Crippen LogP contribution is 2.06. The molecule has 0 aliphatic heterocycles. The van der Waals surface area contributed by atoms with E-state index in [1.807, 2.05) is 18.2 Å². The van der Waals surface area contributed by atoms with E-state index in [-0.39, 0.29) is 18.9 Å². The number of aliphatic hydroxyl groups excluding tert-OH is 1. The minimum absolute atomic E-state index is 0.124. The molecule has 1 amide bonds. The maximum absolute atomic E-state index is 11.6. The second kappa shape index (κ2) is 7.72. The Morgan fingerprint density at radius 2 is 2.15 bits per heavy atom. The van der Waals surface area contributed by atoms with Crippen LogP contribution in [0.25, 0.3) is 0 Å². The summed E-state index contributed by atoms with van der Waals surface area (Å²) in [4.78, 5) is 11.6. The van der Waals surface area contributed by atoms with Crippen molar-refractivity contribution in [3.63, 3.8) is 0 Å². The second-order valence-corrected chi connectivity index (χ2v) is 5.13. The molecule has 1 aromatic heterocycles. The van der Waals surface area contributed by atoms with Crippen molar-refractivity contribution in [3.05, 3.63) is 53.4 Å². The van der Waals surface area contributed by atoms with Gasteiger partial charge in [-0.1, -0.05) is 47.4 Å². The van der Waals surface area contributed by atoms with Crippen molar-refractivity contribution >= 4 is 17.9 Å². The number of nitrogens with one attached hydrogen (secondary N) is 1. The Morgan fingerprint density at radius 1 is 1.35 bits per heavy atom. The smallest absolute Gasteiger partial charge is 0.235 e. The normalized spacial score (nSPS) is 10.4. The van der Waals surface area contributed by atoms with E-state index in [0.717, 1.165) is 12.2 Å². The number of aliphatic hydroxyl groups is 1. The van der Waals surface area contributed by atoms with E-state index in [1.54, 1.807) is 6.07 Å². The van der Waals surface area contributed by atoms with E-state index in [0.29, 0.717) is 11.5 Å². The lowest BCUT2D eigenvalue weighted by molar-refractivity contribution is -0.118. The zero-order chi connectivity index (χ0) is 14.2. The molecule has 0 bridgehead atoms. The van der Waals surface area contributed by atoms with Crippen molar-refractivity contribution in [3.8, 4) is 0 Å². The van der Waals surface area contributed by atoms with Crippen LogP contribution in [0, 0.1) is 0 Å². The number of amides is 1. The van der Waals surface area contributed by atoms with Gasteiger partial charge < -0.3 is 9.63 Å². The van der Waals surface area contributed by atoms with Crippen molar-refractivity contribution < 1.29 is 14.4 Å². The summed E-state index contributed by atoms with van der Waals surface area (Å²) in [7, 11) is 0. The van der Waals surface area contributed by atoms with E-state index in [2.05, 4.69) is 22.0 Å². The first-order valence-corrected chi connectivity index (χ1v) is 7.26. The van der Waals surface area contributed by atoms with E-state index in [1.165, 1.54) is 17.5 Å². The third-order valence-electron chi connectivity index (χ3n) is 2.63. The molecule has 2 aromatic rings. The maximum Gasteiger partial charge on any atom is 0.235 e. The van der Waals surface area contributed by atoms with Gasteiger partial charge >= 0.3 is 0 Å². The van der Waals surface area contributed by atoms with Gasteiger partial charge in [0.05, 0.1) is 12.1 Å². The van der Waals surface area contributed by atoms with Gasteiger partial charge in [-0.25, -0.2) is 0 Å². The molecule has 0 radical (unpaired) electrons. The molecule has 1 aromatic carbocycles. The van der Waals surface area contributed by atoms with Gasteiger partial charge in [0.15, 0.2) is 5.76 Å². The minimum atomic E-state index is -0.208. The summed E-state index contributed by atoms with van der Waals surface area (Å²) in [6.07, 6.45) is 1.06. The molecule has 0 aliphatic rings. The molecule has 1 heterocycles. The highest BCUT2D eigenvalue weighted by atomic mass is 32.2. The van der Waals surface area contributed by atoms with Gasteiger partial charge in [-0.05, 0) is 12.0 Å². The first kappa shape index (κ1) is 14.6. The minimum Gasteiger partial charge on any atom is -0.388 e. The largest absolute Gasteiger partial charge is 0.388 e. The van der Waals surface area contributed by atoms with E-state index in [4.69, 9.17) is 9.63 Å². The standard InChI is InChI=1S/C14H16N2O3S/c17-10-13-8-12(15-19-13)9-14(18)16-20-7-6-11-4-2-1-3-5-11/h1-5,8,17H,6-7,9-10H2,(H,16,18). The molecule has 0 saturated heterocycles. The average Bonchev–Trinajstić information content (AvgIpc) is 2.92. The third kappa shape index (κ3) is 4.71. The fraction of sp³-hybridized carbons (Fsp3) is 0.286. The van der Waals surface area contributed by atoms with Crippen LogP contribution in [0.15, 0.2) is 40.9 Å². The molecular weight excluding hydrogens is 276 g/mol. The molecule has 0 fully saturated rings. The van der Waals surface area contributed by atoms with Crippen LogP contribution < -0.4 is 4.72 Å². The molecule has 20 heavy (non-hydrogen) atoms. The number of aromatic nitrogens is 1. The average molecular weight is 292 g/mol. The first-order chi connectivity index (χ1) is 9.78. The second-order valence-electron chi connectivity index (χ2n) is 4.23. The predicted octanol–water partition coefficient (Wildman–Crippen LogP) is 1.72. The summed E-state index contributed by atoms with van der Waals surface area (Å²) >= 11 is 1.38. The Morgan fingerprint density at radius 3 is 2.85 bits per heavy atom. The van der Waals surface area contributed by atoms with Crippen molar-refractivity contribution in [1.29, 1.82) is 0 Å². The number of carbonyl (C=O) groups excluding carboxylic acids is 1. The van der Waals surface area contributed by atoms with Gasteiger partial charge in [0.2, 0.25) is 5.91 Å². The number of benzene rings is 1. The third-order valence-corrected chi connectivity index (χ3v) is 3.41. The van der Waals surface area contributed by atoms with Gasteiger partial charge in [0.25, 0.3) is 0 Å². The first-order valence-electron chi connectivity index (χ1n) is 6.28. The van der Waals surface area contributed by atoms with Crippen LogP contribution in [0.4, 0.5) is 0 Å². The fourth-order valence-electron chi connectivity index (χ4n) is 1.66. The van der Waals surface area contributed by atoms with Crippen LogP contribution in [0.3, 0.4) is 0 Å². The zero-order valence-electron chi connectivity index (χ0n) is 10.9. The summed E-state index contributed by atoms with van der Waals surface area (Å²) < 4.78 is 7.57. The van der Waals surface area contributed by atoms with Crippen molar-refractivity contribution in [2.75, 3.05) is 5.75 Å². The molecule has 2 rings (SSSR count). The van der Waals surface area contributed by atoms with Gasteiger partial charge in [-0.3, -0.25) is 9.52 Å². The number of aryl methyl sites for hydroxylation is 1. The van der Waals surface area contributed by atoms with E-state index < -0.39 is 0 Å². The SMILES string of the molecule is O=C(Cc1cc(CO)on1)NSCCc1ccccc1. The lowest BCUT2D eigenvalue weighted by Crippen LogP contribution is -2.19. The topological polar surface area (TPSA) is 75.4 Å². The molecule has 0 saturated carbocycles. The Kier molecular flexibility index (Phi) is 5.64. The number of rotatable bonds is 7. The Balaban J connectivity index is 1.65.